The van der Waals surface area contributed by atoms with E-state index < -0.39 is 17.9 Å². The number of hydroxylamine groups is 1. The Morgan fingerprint density at radius 1 is 1.42 bits per heavy atom. The van der Waals surface area contributed by atoms with Crippen LogP contribution in [-0.2, 0) is 14.4 Å². The lowest BCUT2D eigenvalue weighted by molar-refractivity contribution is -0.125. The van der Waals surface area contributed by atoms with Crippen molar-refractivity contribution in [3.8, 4) is 0 Å². The van der Waals surface area contributed by atoms with Crippen LogP contribution >= 0.6 is 0 Å². The van der Waals surface area contributed by atoms with Gasteiger partial charge < -0.3 is 17.2 Å². The third-order valence-electron chi connectivity index (χ3n) is 0.985. The molecule has 0 saturated carbocycles. The van der Waals surface area contributed by atoms with Crippen LogP contribution in [0.15, 0.2) is 0 Å². The van der Waals surface area contributed by atoms with Gasteiger partial charge in [-0.3, -0.25) is 14.4 Å². The molecule has 0 radical (unpaired) electrons. The fourth-order valence-electron chi connectivity index (χ4n) is 0.371. The van der Waals surface area contributed by atoms with E-state index in [0.717, 1.165) is 0 Å². The molecule has 70 valence electrons. The largest absolute Gasteiger partial charge is 0.368 e. The topological polar surface area (TPSA) is 133 Å². The molecule has 0 bridgehead atoms. The second-order valence-corrected chi connectivity index (χ2v) is 2.11. The van der Waals surface area contributed by atoms with Crippen molar-refractivity contribution in [2.45, 2.75) is 6.04 Å². The molecule has 7 heteroatoms. The molecule has 0 heterocycles. The van der Waals surface area contributed by atoms with E-state index in [9.17, 15) is 9.59 Å². The number of amides is 2. The quantitative estimate of drug-likeness (QED) is 0.250. The minimum Gasteiger partial charge on any atom is -0.368 e. The first-order chi connectivity index (χ1) is 5.54. The number of nitrogens with one attached hydrogen (secondary N) is 1. The van der Waals surface area contributed by atoms with Crippen molar-refractivity contribution >= 4 is 11.8 Å². The van der Waals surface area contributed by atoms with Gasteiger partial charge in [-0.25, -0.2) is 0 Å². The third kappa shape index (κ3) is 5.59. The Bertz CT molecular complexity index is 172. The van der Waals surface area contributed by atoms with Crippen LogP contribution in [0, 0.1) is 0 Å². The van der Waals surface area contributed by atoms with Gasteiger partial charge in [-0.05, 0) is 0 Å². The average molecular weight is 176 g/mol. The number of hydrogen-bond donors (Lipinski definition) is 4. The van der Waals surface area contributed by atoms with E-state index in [2.05, 4.69) is 10.3 Å². The number of rotatable bonds is 6. The summed E-state index contributed by atoms with van der Waals surface area (Å²) in [6, 6.07) is -0.835. The second kappa shape index (κ2) is 5.47. The van der Waals surface area contributed by atoms with Gasteiger partial charge >= 0.3 is 0 Å². The van der Waals surface area contributed by atoms with Crippen molar-refractivity contribution in [1.29, 1.82) is 0 Å². The number of carbonyl (C=O) groups is 2. The predicted molar refractivity (Wildman–Crippen MR) is 40.3 cm³/mol. The lowest BCUT2D eigenvalue weighted by Gasteiger charge is -2.07. The average Bonchev–Trinajstić information content (AvgIpc) is 1.97. The zero-order valence-corrected chi connectivity index (χ0v) is 6.45. The van der Waals surface area contributed by atoms with Crippen LogP contribution in [0.4, 0.5) is 0 Å². The Kier molecular flexibility index (Phi) is 4.93. The van der Waals surface area contributed by atoms with Crippen LogP contribution in [0.2, 0.25) is 0 Å². The maximum Gasteiger partial charge on any atom is 0.245 e. The Balaban J connectivity index is 3.31. The summed E-state index contributed by atoms with van der Waals surface area (Å²) in [5.74, 6) is -1.26. The molecule has 7 nitrogen and oxygen atoms in total. The predicted octanol–water partition coefficient (Wildman–Crippen LogP) is -3.19. The lowest BCUT2D eigenvalue weighted by atomic mass is 10.3. The van der Waals surface area contributed by atoms with Gasteiger partial charge in [-0.1, -0.05) is 0 Å². The van der Waals surface area contributed by atoms with Gasteiger partial charge in [0.25, 0.3) is 0 Å². The molecular weight excluding hydrogens is 164 g/mol. The van der Waals surface area contributed by atoms with Crippen molar-refractivity contribution in [1.82, 2.24) is 5.48 Å². The summed E-state index contributed by atoms with van der Waals surface area (Å²) in [6.45, 7) is -0.228. The first kappa shape index (κ1) is 10.8. The third-order valence-corrected chi connectivity index (χ3v) is 0.985. The summed E-state index contributed by atoms with van der Waals surface area (Å²) in [4.78, 5) is 25.0. The van der Waals surface area contributed by atoms with Gasteiger partial charge in [-0.15, -0.1) is 0 Å². The van der Waals surface area contributed by atoms with Gasteiger partial charge in [0.15, 0.2) is 0 Å². The van der Waals surface area contributed by atoms with Crippen molar-refractivity contribution in [2.75, 3.05) is 13.2 Å². The molecule has 12 heavy (non-hydrogen) atoms. The van der Waals surface area contributed by atoms with E-state index in [1.165, 1.54) is 0 Å². The molecule has 0 saturated heterocycles. The highest BCUT2D eigenvalue weighted by atomic mass is 16.6. The summed E-state index contributed by atoms with van der Waals surface area (Å²) >= 11 is 0. The Hall–Kier alpha value is -1.18. The van der Waals surface area contributed by atoms with Crippen LogP contribution < -0.4 is 22.7 Å². The van der Waals surface area contributed by atoms with Crippen molar-refractivity contribution in [3.63, 3.8) is 0 Å². The smallest absolute Gasteiger partial charge is 0.245 e. The first-order valence-corrected chi connectivity index (χ1v) is 3.22. The van der Waals surface area contributed by atoms with E-state index in [4.69, 9.17) is 17.2 Å². The van der Waals surface area contributed by atoms with Gasteiger partial charge in [0, 0.05) is 6.54 Å². The molecule has 0 aromatic heterocycles. The van der Waals surface area contributed by atoms with Gasteiger partial charge in [0.2, 0.25) is 11.8 Å². The molecule has 0 fully saturated rings. The highest BCUT2D eigenvalue weighted by molar-refractivity contribution is 5.79. The molecule has 7 N–H and O–H groups in total. The number of hydrogen-bond acceptors (Lipinski definition) is 5. The molecular formula is C5H12N4O3. The zero-order chi connectivity index (χ0) is 9.56. The Morgan fingerprint density at radius 3 is 2.42 bits per heavy atom. The molecule has 1 atom stereocenters. The second-order valence-electron chi connectivity index (χ2n) is 2.11. The van der Waals surface area contributed by atoms with E-state index in [-0.39, 0.29) is 13.2 Å². The van der Waals surface area contributed by atoms with Crippen molar-refractivity contribution in [3.05, 3.63) is 0 Å². The SMILES string of the molecule is NC(=O)CONCC(N)C(N)=O. The lowest BCUT2D eigenvalue weighted by Crippen LogP contribution is -2.44. The molecule has 2 amide bonds. The molecule has 1 unspecified atom stereocenters. The fourth-order valence-corrected chi connectivity index (χ4v) is 0.371. The standard InChI is InChI=1S/C5H12N4O3/c6-3(5(8)11)1-9-12-2-4(7)10/h3,9H,1-2,6H2,(H2,7,10)(H2,8,11). The van der Waals surface area contributed by atoms with E-state index >= 15 is 0 Å². The van der Waals surface area contributed by atoms with E-state index in [1.807, 2.05) is 0 Å². The van der Waals surface area contributed by atoms with Crippen LogP contribution in [0.3, 0.4) is 0 Å². The fraction of sp³-hybridized carbons (Fsp3) is 0.600. The van der Waals surface area contributed by atoms with Crippen molar-refractivity contribution < 1.29 is 14.4 Å². The van der Waals surface area contributed by atoms with E-state index in [1.54, 1.807) is 0 Å². The van der Waals surface area contributed by atoms with Crippen LogP contribution in [0.1, 0.15) is 0 Å². The summed E-state index contributed by atoms with van der Waals surface area (Å²) < 4.78 is 0. The highest BCUT2D eigenvalue weighted by Crippen LogP contribution is 1.73. The Labute approximate surface area is 69.2 Å². The summed E-state index contributed by atoms with van der Waals surface area (Å²) in [5, 5.41) is 0. The number of primary amides is 2. The van der Waals surface area contributed by atoms with Crippen LogP contribution in [0.25, 0.3) is 0 Å². The van der Waals surface area contributed by atoms with Gasteiger partial charge in [-0.2, -0.15) is 5.48 Å². The molecule has 0 aromatic carbocycles. The summed E-state index contributed by atoms with van der Waals surface area (Å²) in [7, 11) is 0. The van der Waals surface area contributed by atoms with Crippen LogP contribution in [-0.4, -0.2) is 31.0 Å². The molecule has 0 rings (SSSR count). The Morgan fingerprint density at radius 2 is 2.00 bits per heavy atom. The highest BCUT2D eigenvalue weighted by Gasteiger charge is 2.07. The summed E-state index contributed by atoms with van der Waals surface area (Å²) in [6.07, 6.45) is 0. The summed E-state index contributed by atoms with van der Waals surface area (Å²) in [5.41, 5.74) is 17.0. The first-order valence-electron chi connectivity index (χ1n) is 3.22. The minimum absolute atomic E-state index is 0.0443. The molecule has 0 aliphatic heterocycles. The van der Waals surface area contributed by atoms with Crippen molar-refractivity contribution in [2.24, 2.45) is 17.2 Å². The number of carbonyl (C=O) groups excluding carboxylic acids is 2. The van der Waals surface area contributed by atoms with Gasteiger partial charge in [0.1, 0.15) is 6.61 Å². The monoisotopic (exact) mass is 176 g/mol. The maximum absolute atomic E-state index is 10.3. The molecule has 0 spiro atoms. The molecule has 0 aliphatic rings. The normalized spacial score (nSPS) is 12.4. The molecule has 0 aromatic rings. The van der Waals surface area contributed by atoms with Gasteiger partial charge in [0.05, 0.1) is 6.04 Å². The minimum atomic E-state index is -0.835. The van der Waals surface area contributed by atoms with Crippen LogP contribution in [0.5, 0.6) is 0 Å². The zero-order valence-electron chi connectivity index (χ0n) is 6.45. The molecule has 0 aliphatic carbocycles. The van der Waals surface area contributed by atoms with E-state index in [0.29, 0.717) is 0 Å². The maximum atomic E-state index is 10.3. The number of nitrogens with two attached hydrogens (primary N) is 3.